The lowest BCUT2D eigenvalue weighted by Gasteiger charge is -2.14. The zero-order valence-corrected chi connectivity index (χ0v) is 15.3. The highest BCUT2D eigenvalue weighted by Crippen LogP contribution is 2.26. The number of halogens is 1. The molecule has 4 nitrogen and oxygen atoms in total. The van der Waals surface area contributed by atoms with Gasteiger partial charge in [0.15, 0.2) is 5.78 Å². The summed E-state index contributed by atoms with van der Waals surface area (Å²) >= 11 is 6.26. The molecule has 5 heteroatoms. The van der Waals surface area contributed by atoms with Crippen LogP contribution in [0.2, 0.25) is 5.02 Å². The zero-order chi connectivity index (χ0) is 18.5. The number of benzene rings is 2. The number of Topliss-reactive ketones (excluding diaryl/α,β-unsaturated/α-hetero) is 1. The smallest absolute Gasteiger partial charge is 0.193 e. The Balaban J connectivity index is 1.70. The van der Waals surface area contributed by atoms with Crippen molar-refractivity contribution in [2.24, 2.45) is 0 Å². The van der Waals surface area contributed by atoms with Gasteiger partial charge in [0.05, 0.1) is 12.7 Å². The van der Waals surface area contributed by atoms with E-state index in [0.29, 0.717) is 23.1 Å². The molecule has 138 valence electrons. The number of carbonyl (C=O) groups is 1. The maximum absolute atomic E-state index is 12.0. The first-order valence-corrected chi connectivity index (χ1v) is 9.32. The van der Waals surface area contributed by atoms with Crippen molar-refractivity contribution in [3.8, 4) is 5.75 Å². The quantitative estimate of drug-likeness (QED) is 0.723. The van der Waals surface area contributed by atoms with E-state index in [4.69, 9.17) is 21.4 Å². The van der Waals surface area contributed by atoms with Crippen LogP contribution in [0, 0.1) is 0 Å². The first-order chi connectivity index (χ1) is 12.6. The SMILES string of the molecule is O=C(c1ccc(Cl)c(Cc2ccc(OC3CCCC3)cc2)c1)[C@H](O)CO. The van der Waals surface area contributed by atoms with Crippen LogP contribution in [0.3, 0.4) is 0 Å². The van der Waals surface area contributed by atoms with Crippen LogP contribution in [-0.2, 0) is 6.42 Å². The van der Waals surface area contributed by atoms with Gasteiger partial charge in [0, 0.05) is 10.6 Å². The number of aliphatic hydroxyl groups is 2. The van der Waals surface area contributed by atoms with Crippen molar-refractivity contribution in [1.82, 2.24) is 0 Å². The highest BCUT2D eigenvalue weighted by molar-refractivity contribution is 6.31. The second kappa shape index (κ2) is 8.67. The largest absolute Gasteiger partial charge is 0.490 e. The summed E-state index contributed by atoms with van der Waals surface area (Å²) in [5.41, 5.74) is 2.19. The van der Waals surface area contributed by atoms with E-state index in [0.717, 1.165) is 29.7 Å². The monoisotopic (exact) mass is 374 g/mol. The fraction of sp³-hybridized carbons (Fsp3) is 0.381. The summed E-state index contributed by atoms with van der Waals surface area (Å²) < 4.78 is 5.97. The van der Waals surface area contributed by atoms with Crippen molar-refractivity contribution < 1.29 is 19.7 Å². The summed E-state index contributed by atoms with van der Waals surface area (Å²) in [4.78, 5) is 12.0. The molecule has 0 radical (unpaired) electrons. The molecule has 0 saturated heterocycles. The van der Waals surface area contributed by atoms with Gasteiger partial charge < -0.3 is 14.9 Å². The predicted molar refractivity (Wildman–Crippen MR) is 101 cm³/mol. The average Bonchev–Trinajstić information content (AvgIpc) is 3.17. The topological polar surface area (TPSA) is 66.8 Å². The Morgan fingerprint density at radius 1 is 1.15 bits per heavy atom. The normalized spacial score (nSPS) is 15.8. The summed E-state index contributed by atoms with van der Waals surface area (Å²) in [5.74, 6) is 0.368. The highest BCUT2D eigenvalue weighted by Gasteiger charge is 2.18. The van der Waals surface area contributed by atoms with E-state index in [1.54, 1.807) is 18.2 Å². The molecule has 1 fully saturated rings. The van der Waals surface area contributed by atoms with Gasteiger partial charge in [-0.05, 0) is 73.6 Å². The fourth-order valence-electron chi connectivity index (χ4n) is 3.24. The van der Waals surface area contributed by atoms with Gasteiger partial charge in [0.25, 0.3) is 0 Å². The van der Waals surface area contributed by atoms with Gasteiger partial charge in [-0.3, -0.25) is 4.79 Å². The number of aliphatic hydroxyl groups excluding tert-OH is 2. The van der Waals surface area contributed by atoms with Crippen LogP contribution < -0.4 is 4.74 Å². The third-order valence-electron chi connectivity index (χ3n) is 4.73. The van der Waals surface area contributed by atoms with E-state index in [1.807, 2.05) is 24.3 Å². The molecule has 0 aliphatic heterocycles. The molecule has 1 atom stereocenters. The van der Waals surface area contributed by atoms with Crippen LogP contribution in [0.5, 0.6) is 5.75 Å². The molecule has 0 spiro atoms. The zero-order valence-electron chi connectivity index (χ0n) is 14.5. The van der Waals surface area contributed by atoms with Gasteiger partial charge in [-0.1, -0.05) is 23.7 Å². The standard InChI is InChI=1S/C21H23ClO4/c22-19-10-7-15(21(25)20(24)13-23)12-16(19)11-14-5-8-18(9-6-14)26-17-3-1-2-4-17/h5-10,12,17,20,23-24H,1-4,11,13H2/t20-/m1/s1. The van der Waals surface area contributed by atoms with Gasteiger partial charge >= 0.3 is 0 Å². The molecular weight excluding hydrogens is 352 g/mol. The van der Waals surface area contributed by atoms with Crippen molar-refractivity contribution in [2.45, 2.75) is 44.3 Å². The van der Waals surface area contributed by atoms with Gasteiger partial charge in [-0.15, -0.1) is 0 Å². The van der Waals surface area contributed by atoms with Crippen molar-refractivity contribution in [2.75, 3.05) is 6.61 Å². The second-order valence-corrected chi connectivity index (χ2v) is 7.12. The minimum atomic E-state index is -1.41. The van der Waals surface area contributed by atoms with Crippen LogP contribution in [0.4, 0.5) is 0 Å². The Morgan fingerprint density at radius 2 is 1.85 bits per heavy atom. The molecule has 1 aliphatic carbocycles. The lowest BCUT2D eigenvalue weighted by molar-refractivity contribution is 0.0587. The molecular formula is C21H23ClO4. The summed E-state index contributed by atoms with van der Waals surface area (Å²) in [5, 5.41) is 19.0. The predicted octanol–water partition coefficient (Wildman–Crippen LogP) is 3.79. The third kappa shape index (κ3) is 4.64. The van der Waals surface area contributed by atoms with E-state index < -0.39 is 18.5 Å². The molecule has 1 saturated carbocycles. The molecule has 1 aliphatic rings. The van der Waals surface area contributed by atoms with Gasteiger partial charge in [0.1, 0.15) is 11.9 Å². The van der Waals surface area contributed by atoms with Crippen LogP contribution in [0.25, 0.3) is 0 Å². The second-order valence-electron chi connectivity index (χ2n) is 6.71. The summed E-state index contributed by atoms with van der Waals surface area (Å²) in [6.07, 6.45) is 4.21. The first kappa shape index (κ1) is 18.9. The highest BCUT2D eigenvalue weighted by atomic mass is 35.5. The lowest BCUT2D eigenvalue weighted by atomic mass is 9.99. The average molecular weight is 375 g/mol. The van der Waals surface area contributed by atoms with Crippen LogP contribution in [-0.4, -0.2) is 34.8 Å². The minimum Gasteiger partial charge on any atom is -0.490 e. The Kier molecular flexibility index (Phi) is 6.30. The maximum atomic E-state index is 12.0. The van der Waals surface area contributed by atoms with Gasteiger partial charge in [-0.2, -0.15) is 0 Å². The number of hydrogen-bond acceptors (Lipinski definition) is 4. The van der Waals surface area contributed by atoms with Crippen LogP contribution >= 0.6 is 11.6 Å². The molecule has 0 amide bonds. The summed E-state index contributed by atoms with van der Waals surface area (Å²) in [6, 6.07) is 12.8. The maximum Gasteiger partial charge on any atom is 0.193 e. The summed E-state index contributed by atoms with van der Waals surface area (Å²) in [6.45, 7) is -0.598. The van der Waals surface area contributed by atoms with Gasteiger partial charge in [-0.25, -0.2) is 0 Å². The molecule has 3 rings (SSSR count). The molecule has 26 heavy (non-hydrogen) atoms. The van der Waals surface area contributed by atoms with Crippen LogP contribution in [0.15, 0.2) is 42.5 Å². The van der Waals surface area contributed by atoms with E-state index in [1.165, 1.54) is 12.8 Å². The van der Waals surface area contributed by atoms with Crippen LogP contribution in [0.1, 0.15) is 47.2 Å². The number of rotatable bonds is 7. The summed E-state index contributed by atoms with van der Waals surface area (Å²) in [7, 11) is 0. The van der Waals surface area contributed by atoms with E-state index in [9.17, 15) is 9.90 Å². The van der Waals surface area contributed by atoms with Crippen molar-refractivity contribution in [1.29, 1.82) is 0 Å². The minimum absolute atomic E-state index is 0.330. The Bertz CT molecular complexity index is 751. The third-order valence-corrected chi connectivity index (χ3v) is 5.10. The Hall–Kier alpha value is -1.88. The molecule has 0 unspecified atom stereocenters. The Labute approximate surface area is 158 Å². The van der Waals surface area contributed by atoms with Gasteiger partial charge in [0.2, 0.25) is 0 Å². The molecule has 2 aromatic carbocycles. The Morgan fingerprint density at radius 3 is 2.50 bits per heavy atom. The fourth-order valence-corrected chi connectivity index (χ4v) is 3.43. The molecule has 2 N–H and O–H groups in total. The van der Waals surface area contributed by atoms with E-state index in [2.05, 4.69) is 0 Å². The number of hydrogen-bond donors (Lipinski definition) is 2. The van der Waals surface area contributed by atoms with Crippen molar-refractivity contribution in [3.05, 3.63) is 64.2 Å². The molecule has 0 heterocycles. The molecule has 0 bridgehead atoms. The number of ether oxygens (including phenoxy) is 1. The van der Waals surface area contributed by atoms with E-state index >= 15 is 0 Å². The molecule has 0 aromatic heterocycles. The first-order valence-electron chi connectivity index (χ1n) is 8.94. The van der Waals surface area contributed by atoms with Crippen molar-refractivity contribution in [3.63, 3.8) is 0 Å². The number of ketones is 1. The number of carbonyl (C=O) groups excluding carboxylic acids is 1. The molecule has 2 aromatic rings. The van der Waals surface area contributed by atoms with E-state index in [-0.39, 0.29) is 0 Å². The van der Waals surface area contributed by atoms with Crippen molar-refractivity contribution >= 4 is 17.4 Å². The lowest BCUT2D eigenvalue weighted by Crippen LogP contribution is -2.24.